The molecule has 18 heteroatoms. The molecular weight excluding hydrogens is 688 g/mol. The summed E-state index contributed by atoms with van der Waals surface area (Å²) in [7, 11) is 0. The maximum Gasteiger partial charge on any atom is 0.367 e. The summed E-state index contributed by atoms with van der Waals surface area (Å²) in [5.74, 6) is -1.45. The van der Waals surface area contributed by atoms with E-state index in [2.05, 4.69) is 52.5 Å². The SMILES string of the molecule is O=C(CCC(=O)O[N+]1(Cc2cncc(Br)c2)CCNC1=C[N+](=O)[O-])O[N+]1(Cc2cncc(Br)c2)CCNC1=C[N+](=O)[O-]. The van der Waals surface area contributed by atoms with E-state index in [1.165, 1.54) is 0 Å². The van der Waals surface area contributed by atoms with Crippen LogP contribution in [-0.2, 0) is 32.4 Å². The van der Waals surface area contributed by atoms with Gasteiger partial charge in [-0.1, -0.05) is 9.29 Å². The third-order valence-electron chi connectivity index (χ3n) is 6.38. The van der Waals surface area contributed by atoms with Crippen molar-refractivity contribution in [2.24, 2.45) is 0 Å². The molecule has 42 heavy (non-hydrogen) atoms. The van der Waals surface area contributed by atoms with Crippen molar-refractivity contribution in [3.63, 3.8) is 0 Å². The number of quaternary nitrogens is 2. The first-order valence-corrected chi connectivity index (χ1v) is 14.1. The number of rotatable bonds is 11. The second-order valence-corrected chi connectivity index (χ2v) is 11.3. The maximum atomic E-state index is 13.0. The number of nitro groups is 2. The number of carbonyl (C=O) groups is 2. The highest BCUT2D eigenvalue weighted by atomic mass is 79.9. The molecule has 2 aromatic heterocycles. The molecule has 2 saturated heterocycles. The van der Waals surface area contributed by atoms with Gasteiger partial charge in [-0.2, -0.15) is 0 Å². The van der Waals surface area contributed by atoms with Gasteiger partial charge in [0.2, 0.25) is 0 Å². The largest absolute Gasteiger partial charge is 0.367 e. The van der Waals surface area contributed by atoms with Gasteiger partial charge in [0, 0.05) is 44.9 Å². The lowest BCUT2D eigenvalue weighted by Gasteiger charge is -2.29. The standard InChI is InChI=1S/C24H26Br2N8O8/c25-19-7-17(9-27-11-19)15-33(5-3-29-21(33)13-31(37)38)41-23(35)1-2-24(36)42-34(6-4-30-22(34)14-32(39)40)16-18-8-20(26)12-28-10-18/h7-14,29-30H,1-6,15-16H2/q+2. The van der Waals surface area contributed by atoms with E-state index in [0.29, 0.717) is 33.2 Å². The number of hydrogen-bond acceptors (Lipinski definition) is 12. The molecule has 2 N–H and O–H groups in total. The van der Waals surface area contributed by atoms with Gasteiger partial charge in [-0.15, -0.1) is 0 Å². The average molecular weight is 714 g/mol. The molecule has 0 bridgehead atoms. The van der Waals surface area contributed by atoms with Gasteiger partial charge in [0.15, 0.2) is 13.1 Å². The number of pyridine rings is 2. The maximum absolute atomic E-state index is 13.0. The van der Waals surface area contributed by atoms with E-state index in [1.807, 2.05) is 0 Å². The summed E-state index contributed by atoms with van der Waals surface area (Å²) in [6, 6.07) is 3.51. The fourth-order valence-corrected chi connectivity index (χ4v) is 5.53. The van der Waals surface area contributed by atoms with E-state index in [1.54, 1.807) is 36.9 Å². The summed E-state index contributed by atoms with van der Waals surface area (Å²) in [5.41, 5.74) is 1.30. The first kappa shape index (κ1) is 30.9. The van der Waals surface area contributed by atoms with Crippen LogP contribution in [0.5, 0.6) is 0 Å². The van der Waals surface area contributed by atoms with Crippen molar-refractivity contribution in [3.05, 3.63) is 101 Å². The Morgan fingerprint density at radius 3 is 1.57 bits per heavy atom. The number of hydroxylamine groups is 6. The molecular formula is C24H26Br2N8O8+2. The smallest absolute Gasteiger partial charge is 0.327 e. The van der Waals surface area contributed by atoms with Crippen LogP contribution in [0, 0.1) is 20.2 Å². The quantitative estimate of drug-likeness (QED) is 0.197. The summed E-state index contributed by atoms with van der Waals surface area (Å²) < 4.78 is 0.305. The summed E-state index contributed by atoms with van der Waals surface area (Å²) in [4.78, 5) is 67.1. The normalized spacial score (nSPS) is 23.3. The topological polar surface area (TPSA) is 189 Å². The van der Waals surface area contributed by atoms with Crippen molar-refractivity contribution in [1.82, 2.24) is 20.6 Å². The van der Waals surface area contributed by atoms with Crippen LogP contribution < -0.4 is 10.6 Å². The Kier molecular flexibility index (Phi) is 9.81. The molecule has 2 fully saturated rings. The second-order valence-electron chi connectivity index (χ2n) is 9.44. The zero-order chi connectivity index (χ0) is 30.3. The molecule has 4 rings (SSSR count). The Labute approximate surface area is 255 Å². The highest BCUT2D eigenvalue weighted by molar-refractivity contribution is 9.10. The predicted molar refractivity (Wildman–Crippen MR) is 149 cm³/mol. The summed E-state index contributed by atoms with van der Waals surface area (Å²) in [6.07, 6.45) is 6.95. The summed E-state index contributed by atoms with van der Waals surface area (Å²) in [6.45, 7) is 1.11. The van der Waals surface area contributed by atoms with E-state index < -0.39 is 43.9 Å². The number of halogens is 2. The molecule has 2 aliphatic heterocycles. The Morgan fingerprint density at radius 1 is 0.810 bits per heavy atom. The van der Waals surface area contributed by atoms with E-state index in [-0.39, 0.29) is 37.8 Å². The van der Waals surface area contributed by atoms with Crippen molar-refractivity contribution in [2.45, 2.75) is 25.9 Å². The Bertz CT molecular complexity index is 1350. The Morgan fingerprint density at radius 2 is 1.21 bits per heavy atom. The Hall–Kier alpha value is -4.00. The van der Waals surface area contributed by atoms with Gasteiger partial charge in [-0.3, -0.25) is 39.9 Å². The van der Waals surface area contributed by atoms with Gasteiger partial charge < -0.3 is 10.6 Å². The van der Waals surface area contributed by atoms with Crippen LogP contribution in [0.3, 0.4) is 0 Å². The van der Waals surface area contributed by atoms with Gasteiger partial charge >= 0.3 is 36.0 Å². The number of carbonyl (C=O) groups excluding carboxylic acids is 2. The number of hydrogen-bond donors (Lipinski definition) is 2. The molecule has 4 heterocycles. The molecule has 0 amide bonds. The van der Waals surface area contributed by atoms with Gasteiger partial charge in [0.1, 0.15) is 13.1 Å². The summed E-state index contributed by atoms with van der Waals surface area (Å²) in [5, 5.41) is 28.4. The monoisotopic (exact) mass is 712 g/mol. The van der Waals surface area contributed by atoms with E-state index >= 15 is 0 Å². The van der Waals surface area contributed by atoms with E-state index in [9.17, 15) is 29.8 Å². The third kappa shape index (κ3) is 7.84. The zero-order valence-corrected chi connectivity index (χ0v) is 25.2. The van der Waals surface area contributed by atoms with Crippen molar-refractivity contribution in [1.29, 1.82) is 0 Å². The van der Waals surface area contributed by atoms with Gasteiger partial charge in [0.25, 0.3) is 0 Å². The van der Waals surface area contributed by atoms with Crippen molar-refractivity contribution < 1.29 is 38.4 Å². The molecule has 0 aromatic carbocycles. The minimum Gasteiger partial charge on any atom is -0.327 e. The van der Waals surface area contributed by atoms with Gasteiger partial charge in [-0.05, 0) is 44.0 Å². The number of nitrogens with zero attached hydrogens (tertiary/aromatic N) is 6. The van der Waals surface area contributed by atoms with Crippen LogP contribution in [-0.4, -0.2) is 67.2 Å². The van der Waals surface area contributed by atoms with Crippen LogP contribution in [0.1, 0.15) is 24.0 Å². The number of nitrogens with one attached hydrogen (secondary N) is 2. The molecule has 0 radical (unpaired) electrons. The minimum absolute atomic E-state index is 0.0523. The lowest BCUT2D eigenvalue weighted by atomic mass is 10.2. The predicted octanol–water partition coefficient (Wildman–Crippen LogP) is 2.39. The average Bonchev–Trinajstić information content (AvgIpc) is 3.45. The van der Waals surface area contributed by atoms with Crippen LogP contribution in [0.25, 0.3) is 0 Å². The molecule has 0 spiro atoms. The zero-order valence-electron chi connectivity index (χ0n) is 22.0. The van der Waals surface area contributed by atoms with Crippen LogP contribution >= 0.6 is 31.9 Å². The third-order valence-corrected chi connectivity index (χ3v) is 7.24. The first-order valence-electron chi connectivity index (χ1n) is 12.6. The molecule has 0 aliphatic carbocycles. The molecule has 2 aromatic rings. The number of aromatic nitrogens is 2. The minimum atomic E-state index is -0.795. The van der Waals surface area contributed by atoms with Crippen LogP contribution in [0.2, 0.25) is 0 Å². The lowest BCUT2D eigenvalue weighted by molar-refractivity contribution is -1.07. The van der Waals surface area contributed by atoms with Crippen molar-refractivity contribution in [2.75, 3.05) is 26.2 Å². The first-order chi connectivity index (χ1) is 20.0. The van der Waals surface area contributed by atoms with E-state index in [4.69, 9.17) is 9.68 Å². The molecule has 16 nitrogen and oxygen atoms in total. The molecule has 222 valence electrons. The van der Waals surface area contributed by atoms with Crippen LogP contribution in [0.15, 0.2) is 69.9 Å². The highest BCUT2D eigenvalue weighted by Gasteiger charge is 2.48. The van der Waals surface area contributed by atoms with Crippen LogP contribution in [0.4, 0.5) is 0 Å². The summed E-state index contributed by atoms with van der Waals surface area (Å²) >= 11 is 6.68. The molecule has 0 saturated carbocycles. The highest BCUT2D eigenvalue weighted by Crippen LogP contribution is 2.29. The fraction of sp³-hybridized carbons (Fsp3) is 0.333. The van der Waals surface area contributed by atoms with Gasteiger partial charge in [0.05, 0.1) is 35.8 Å². The van der Waals surface area contributed by atoms with Crippen molar-refractivity contribution in [3.8, 4) is 0 Å². The molecule has 2 atom stereocenters. The van der Waals surface area contributed by atoms with Crippen molar-refractivity contribution >= 4 is 43.8 Å². The second kappa shape index (κ2) is 13.3. The van der Waals surface area contributed by atoms with E-state index in [0.717, 1.165) is 12.4 Å². The lowest BCUT2D eigenvalue weighted by Crippen LogP contribution is -2.47. The molecule has 2 unspecified atom stereocenters. The fourth-order valence-electron chi connectivity index (χ4n) is 4.70. The molecule has 2 aliphatic rings. The Balaban J connectivity index is 1.49. The van der Waals surface area contributed by atoms with Gasteiger partial charge in [-0.25, -0.2) is 9.59 Å².